The predicted molar refractivity (Wildman–Crippen MR) is 57.7 cm³/mol. The average molecular weight is 180 g/mol. The molecule has 0 bridgehead atoms. The molecule has 0 aromatic heterocycles. The highest BCUT2D eigenvalue weighted by atomic mass is 16.1. The fourth-order valence-corrected chi connectivity index (χ4v) is 1.10. The minimum Gasteiger partial charge on any atom is -0.303 e. The molecule has 0 radical (unpaired) electrons. The van der Waals surface area contributed by atoms with Gasteiger partial charge in [0.15, 0.2) is 0 Å². The molecule has 0 heterocycles. The smallest absolute Gasteiger partial charge is 0.120 e. The molecule has 0 aliphatic rings. The van der Waals surface area contributed by atoms with E-state index < -0.39 is 0 Å². The standard InChI is InChI=1S/C12H20O/c1-4-11(2)7-5-8-12(3)9-6-10-13/h4,8,10-11H,1,5-7,9H2,2-3H3/b12-8+/t11-/m0/s1. The third-order valence-electron chi connectivity index (χ3n) is 2.17. The monoisotopic (exact) mass is 180 g/mol. The number of carbonyl (C=O) groups is 1. The minimum absolute atomic E-state index is 0.593. The molecule has 0 aromatic carbocycles. The van der Waals surface area contributed by atoms with Crippen molar-refractivity contribution < 1.29 is 4.79 Å². The largest absolute Gasteiger partial charge is 0.303 e. The van der Waals surface area contributed by atoms with Gasteiger partial charge in [0.2, 0.25) is 0 Å². The first kappa shape index (κ1) is 12.2. The van der Waals surface area contributed by atoms with Crippen molar-refractivity contribution in [1.82, 2.24) is 0 Å². The molecule has 1 atom stereocenters. The van der Waals surface area contributed by atoms with Crippen molar-refractivity contribution in [2.45, 2.75) is 39.5 Å². The van der Waals surface area contributed by atoms with Crippen LogP contribution in [0.1, 0.15) is 39.5 Å². The molecule has 1 nitrogen and oxygen atoms in total. The minimum atomic E-state index is 0.593. The Morgan fingerprint density at radius 2 is 2.15 bits per heavy atom. The van der Waals surface area contributed by atoms with Gasteiger partial charge < -0.3 is 4.79 Å². The first-order valence-corrected chi connectivity index (χ1v) is 4.92. The van der Waals surface area contributed by atoms with Gasteiger partial charge in [-0.05, 0) is 32.1 Å². The van der Waals surface area contributed by atoms with Gasteiger partial charge >= 0.3 is 0 Å². The van der Waals surface area contributed by atoms with Crippen molar-refractivity contribution in [3.63, 3.8) is 0 Å². The molecule has 0 saturated heterocycles. The highest BCUT2D eigenvalue weighted by Crippen LogP contribution is 2.10. The molecule has 0 unspecified atom stereocenters. The molecule has 0 rings (SSSR count). The summed E-state index contributed by atoms with van der Waals surface area (Å²) in [5.74, 6) is 0.593. The maximum Gasteiger partial charge on any atom is 0.120 e. The lowest BCUT2D eigenvalue weighted by molar-refractivity contribution is -0.107. The summed E-state index contributed by atoms with van der Waals surface area (Å²) in [5, 5.41) is 0. The molecule has 0 amide bonds. The van der Waals surface area contributed by atoms with E-state index in [0.29, 0.717) is 12.3 Å². The summed E-state index contributed by atoms with van der Waals surface area (Å²) in [6.07, 6.45) is 8.99. The van der Waals surface area contributed by atoms with E-state index in [0.717, 1.165) is 25.5 Å². The van der Waals surface area contributed by atoms with Crippen LogP contribution in [0.2, 0.25) is 0 Å². The molecule has 1 heteroatoms. The van der Waals surface area contributed by atoms with E-state index in [-0.39, 0.29) is 0 Å². The topological polar surface area (TPSA) is 17.1 Å². The van der Waals surface area contributed by atoms with Crippen LogP contribution in [0, 0.1) is 5.92 Å². The Labute approximate surface area is 81.5 Å². The van der Waals surface area contributed by atoms with Gasteiger partial charge in [0.05, 0.1) is 0 Å². The molecule has 13 heavy (non-hydrogen) atoms. The fourth-order valence-electron chi connectivity index (χ4n) is 1.10. The zero-order chi connectivity index (χ0) is 10.1. The van der Waals surface area contributed by atoms with Crippen LogP contribution in [0.25, 0.3) is 0 Å². The number of hydrogen-bond donors (Lipinski definition) is 0. The first-order chi connectivity index (χ1) is 6.20. The number of aldehydes is 1. The summed E-state index contributed by atoms with van der Waals surface area (Å²) >= 11 is 0. The second-order valence-corrected chi connectivity index (χ2v) is 3.55. The van der Waals surface area contributed by atoms with Gasteiger partial charge in [-0.2, -0.15) is 0 Å². The van der Waals surface area contributed by atoms with Crippen LogP contribution in [-0.4, -0.2) is 6.29 Å². The Bertz CT molecular complexity index is 180. The third kappa shape index (κ3) is 7.51. The second kappa shape index (κ2) is 7.78. The average Bonchev–Trinajstić information content (AvgIpc) is 2.14. The van der Waals surface area contributed by atoms with Gasteiger partial charge in [0.25, 0.3) is 0 Å². The van der Waals surface area contributed by atoms with Gasteiger partial charge in [0.1, 0.15) is 6.29 Å². The lowest BCUT2D eigenvalue weighted by atomic mass is 10.0. The molecule has 0 aliphatic carbocycles. The van der Waals surface area contributed by atoms with Crippen LogP contribution < -0.4 is 0 Å². The number of rotatable bonds is 7. The van der Waals surface area contributed by atoms with Crippen LogP contribution in [0.15, 0.2) is 24.3 Å². The molecule has 0 saturated carbocycles. The van der Waals surface area contributed by atoms with Crippen molar-refractivity contribution in [3.8, 4) is 0 Å². The van der Waals surface area contributed by atoms with Crippen molar-refractivity contribution in [1.29, 1.82) is 0 Å². The number of carbonyl (C=O) groups excluding carboxylic acids is 1. The molecular formula is C12H20O. The zero-order valence-corrected chi connectivity index (χ0v) is 8.75. The highest BCUT2D eigenvalue weighted by Gasteiger charge is 1.94. The third-order valence-corrected chi connectivity index (χ3v) is 2.17. The van der Waals surface area contributed by atoms with Gasteiger partial charge in [-0.15, -0.1) is 6.58 Å². The Hall–Kier alpha value is -0.850. The lowest BCUT2D eigenvalue weighted by Crippen LogP contribution is -1.87. The SMILES string of the molecule is C=C[C@H](C)CC/C=C(\C)CCC=O. The molecule has 0 N–H and O–H groups in total. The second-order valence-electron chi connectivity index (χ2n) is 3.55. The van der Waals surface area contributed by atoms with E-state index in [1.54, 1.807) is 0 Å². The number of allylic oxidation sites excluding steroid dienone is 3. The van der Waals surface area contributed by atoms with Crippen molar-refractivity contribution in [3.05, 3.63) is 24.3 Å². The molecular weight excluding hydrogens is 160 g/mol. The van der Waals surface area contributed by atoms with Crippen LogP contribution in [-0.2, 0) is 4.79 Å². The summed E-state index contributed by atoms with van der Waals surface area (Å²) in [5.41, 5.74) is 1.32. The summed E-state index contributed by atoms with van der Waals surface area (Å²) < 4.78 is 0. The van der Waals surface area contributed by atoms with Gasteiger partial charge in [-0.25, -0.2) is 0 Å². The maximum absolute atomic E-state index is 10.1. The van der Waals surface area contributed by atoms with E-state index in [4.69, 9.17) is 0 Å². The van der Waals surface area contributed by atoms with Gasteiger partial charge in [-0.3, -0.25) is 0 Å². The quantitative estimate of drug-likeness (QED) is 0.433. The molecule has 74 valence electrons. The molecule has 0 spiro atoms. The van der Waals surface area contributed by atoms with E-state index in [1.165, 1.54) is 5.57 Å². The number of hydrogen-bond acceptors (Lipinski definition) is 1. The Morgan fingerprint density at radius 3 is 2.69 bits per heavy atom. The summed E-state index contributed by atoms with van der Waals surface area (Å²) in [6, 6.07) is 0. The van der Waals surface area contributed by atoms with Gasteiger partial charge in [-0.1, -0.05) is 24.6 Å². The van der Waals surface area contributed by atoms with Crippen LogP contribution in [0.4, 0.5) is 0 Å². The summed E-state index contributed by atoms with van der Waals surface area (Å²) in [7, 11) is 0. The lowest BCUT2D eigenvalue weighted by Gasteiger charge is -2.02. The van der Waals surface area contributed by atoms with Crippen molar-refractivity contribution in [2.75, 3.05) is 0 Å². The normalized spacial score (nSPS) is 13.8. The summed E-state index contributed by atoms with van der Waals surface area (Å²) in [6.45, 7) is 7.99. The van der Waals surface area contributed by atoms with E-state index in [9.17, 15) is 4.79 Å². The molecule has 0 fully saturated rings. The van der Waals surface area contributed by atoms with Crippen LogP contribution in [0.5, 0.6) is 0 Å². The van der Waals surface area contributed by atoms with Crippen LogP contribution >= 0.6 is 0 Å². The van der Waals surface area contributed by atoms with Crippen molar-refractivity contribution in [2.24, 2.45) is 5.92 Å². The van der Waals surface area contributed by atoms with Crippen molar-refractivity contribution >= 4 is 6.29 Å². The molecule has 0 aliphatic heterocycles. The maximum atomic E-state index is 10.1. The first-order valence-electron chi connectivity index (χ1n) is 4.92. The van der Waals surface area contributed by atoms with E-state index in [1.807, 2.05) is 6.08 Å². The van der Waals surface area contributed by atoms with Gasteiger partial charge in [0, 0.05) is 6.42 Å². The van der Waals surface area contributed by atoms with E-state index >= 15 is 0 Å². The zero-order valence-electron chi connectivity index (χ0n) is 8.75. The Morgan fingerprint density at radius 1 is 1.46 bits per heavy atom. The highest BCUT2D eigenvalue weighted by molar-refractivity contribution is 5.49. The molecule has 0 aromatic rings. The Balaban J connectivity index is 3.57. The predicted octanol–water partition coefficient (Wildman–Crippen LogP) is 3.51. The fraction of sp³-hybridized carbons (Fsp3) is 0.583. The summed E-state index contributed by atoms with van der Waals surface area (Å²) in [4.78, 5) is 10.1. The van der Waals surface area contributed by atoms with E-state index in [2.05, 4.69) is 26.5 Å². The Kier molecular flexibility index (Phi) is 7.27. The van der Waals surface area contributed by atoms with Crippen LogP contribution in [0.3, 0.4) is 0 Å².